The summed E-state index contributed by atoms with van der Waals surface area (Å²) in [6.07, 6.45) is 20.6. The molecule has 0 unspecified atom stereocenters. The summed E-state index contributed by atoms with van der Waals surface area (Å²) in [6.45, 7) is 15.9. The maximum atomic E-state index is 12.5. The summed E-state index contributed by atoms with van der Waals surface area (Å²) in [6, 6.07) is 24.8. The number of imidazole rings is 2. The summed E-state index contributed by atoms with van der Waals surface area (Å²) in [5, 5.41) is 47.1. The molecule has 4 amide bonds. The second kappa shape index (κ2) is 31.7. The van der Waals surface area contributed by atoms with Crippen LogP contribution < -0.4 is 26.0 Å². The lowest BCUT2D eigenvalue weighted by atomic mass is 9.88. The molecule has 10 aromatic heterocycles. The number of hydrogen-bond donors (Lipinski definition) is 5. The molecule has 13 aromatic rings. The van der Waals surface area contributed by atoms with Crippen molar-refractivity contribution in [1.82, 2.24) is 99.6 Å². The first-order valence-corrected chi connectivity index (χ1v) is 34.0. The number of carbonyl (C=O) groups excluding carboxylic acids is 4. The molecule has 0 spiro atoms. The van der Waals surface area contributed by atoms with E-state index in [0.29, 0.717) is 52.5 Å². The maximum absolute atomic E-state index is 12.5. The van der Waals surface area contributed by atoms with E-state index in [1.807, 2.05) is 91.8 Å². The zero-order valence-electron chi connectivity index (χ0n) is 54.2. The minimum absolute atomic E-state index is 0.0107. The molecule has 1 fully saturated rings. The molecule has 0 radical (unpaired) electrons. The van der Waals surface area contributed by atoms with Crippen LogP contribution in [0, 0.1) is 33.3 Å². The van der Waals surface area contributed by atoms with Crippen molar-refractivity contribution in [3.63, 3.8) is 0 Å². The average Bonchev–Trinajstić information content (AvgIpc) is 1.64. The number of ether oxygens (including phenoxy) is 1. The van der Waals surface area contributed by atoms with E-state index in [-0.39, 0.29) is 41.7 Å². The van der Waals surface area contributed by atoms with Gasteiger partial charge in [0.05, 0.1) is 35.0 Å². The summed E-state index contributed by atoms with van der Waals surface area (Å²) >= 11 is 10.8. The molecule has 0 bridgehead atoms. The molecular formula is C67H67ClN22O5S3. The smallest absolute Gasteiger partial charge is 0.362 e. The zero-order valence-corrected chi connectivity index (χ0v) is 57.4. The molecule has 3 aromatic carbocycles. The molecule has 10 heterocycles. The third kappa shape index (κ3) is 16.6. The van der Waals surface area contributed by atoms with E-state index in [1.54, 1.807) is 93.7 Å². The molecule has 500 valence electrons. The predicted molar refractivity (Wildman–Crippen MR) is 373 cm³/mol. The van der Waals surface area contributed by atoms with Crippen molar-refractivity contribution in [2.45, 2.75) is 97.8 Å². The number of benzene rings is 3. The Balaban J connectivity index is 0.000000124. The largest absolute Gasteiger partial charge is 0.480 e. The molecular weight excluding hydrogens is 1320 g/mol. The molecule has 5 N–H and O–H groups in total. The highest BCUT2D eigenvalue weighted by atomic mass is 35.5. The van der Waals surface area contributed by atoms with Gasteiger partial charge in [-0.15, -0.1) is 49.6 Å². The summed E-state index contributed by atoms with van der Waals surface area (Å²) in [5.74, 6) is 2.77. The van der Waals surface area contributed by atoms with Crippen LogP contribution in [0.5, 0.6) is 5.88 Å². The van der Waals surface area contributed by atoms with E-state index in [1.165, 1.54) is 51.5 Å². The van der Waals surface area contributed by atoms with Gasteiger partial charge in [-0.25, -0.2) is 24.9 Å². The average molecular weight is 1390 g/mol. The van der Waals surface area contributed by atoms with Gasteiger partial charge in [-0.1, -0.05) is 95.8 Å². The van der Waals surface area contributed by atoms with Crippen molar-refractivity contribution >= 4 is 102 Å². The maximum Gasteiger partial charge on any atom is 0.362 e. The monoisotopic (exact) mass is 1390 g/mol. The second-order valence-corrected chi connectivity index (χ2v) is 26.3. The first-order chi connectivity index (χ1) is 47.5. The van der Waals surface area contributed by atoms with Gasteiger partial charge in [0.2, 0.25) is 16.7 Å². The van der Waals surface area contributed by atoms with Crippen LogP contribution >= 0.6 is 45.6 Å². The number of nitrogens with one attached hydrogen (secondary N) is 5. The first kappa shape index (κ1) is 68.4. The molecule has 2 aliphatic rings. The molecule has 0 aliphatic heterocycles. The number of carbonyl (C=O) groups is 4. The number of anilines is 1. The molecule has 2 aliphatic carbocycles. The first-order valence-electron chi connectivity index (χ1n) is 31.0. The van der Waals surface area contributed by atoms with Crippen LogP contribution in [-0.4, -0.2) is 114 Å². The molecule has 15 rings (SSSR count). The number of aromatic nitrogens is 17. The van der Waals surface area contributed by atoms with Gasteiger partial charge in [-0.05, 0) is 111 Å². The third-order valence-electron chi connectivity index (χ3n) is 16.0. The molecule has 1 atom stereocenters. The summed E-state index contributed by atoms with van der Waals surface area (Å²) in [5.41, 5.74) is 8.83. The Morgan fingerprint density at radius 2 is 1.63 bits per heavy atom. The Morgan fingerprint density at radius 3 is 2.37 bits per heavy atom. The zero-order chi connectivity index (χ0) is 68.7. The number of aryl methyl sites for hydroxylation is 4. The highest BCUT2D eigenvalue weighted by Gasteiger charge is 2.40. The third-order valence-corrected chi connectivity index (χ3v) is 19.4. The van der Waals surface area contributed by atoms with Gasteiger partial charge in [0.15, 0.2) is 29.2 Å². The van der Waals surface area contributed by atoms with Gasteiger partial charge < -0.3 is 39.8 Å². The van der Waals surface area contributed by atoms with E-state index < -0.39 is 0 Å². The number of H-pyrrole nitrogens is 1. The Hall–Kier alpha value is -11.0. The van der Waals surface area contributed by atoms with Crippen LogP contribution in [0.25, 0.3) is 37.3 Å². The molecule has 98 heavy (non-hydrogen) atoms. The van der Waals surface area contributed by atoms with Crippen LogP contribution in [0.4, 0.5) is 11.6 Å². The van der Waals surface area contributed by atoms with Gasteiger partial charge in [-0.2, -0.15) is 5.10 Å². The normalized spacial score (nSPS) is 13.4. The Morgan fingerprint density at radius 1 is 0.827 bits per heavy atom. The molecule has 31 heteroatoms. The molecule has 0 saturated heterocycles. The van der Waals surface area contributed by atoms with Crippen LogP contribution in [0.3, 0.4) is 0 Å². The lowest BCUT2D eigenvalue weighted by Crippen LogP contribution is -2.44. The van der Waals surface area contributed by atoms with Crippen molar-refractivity contribution in [3.8, 4) is 17.5 Å². The highest BCUT2D eigenvalue weighted by Crippen LogP contribution is 2.40. The number of amides is 4. The van der Waals surface area contributed by atoms with E-state index in [9.17, 15) is 19.2 Å². The number of fused-ring (bicyclic) bond motifs is 5. The Bertz CT molecular complexity index is 4940. The van der Waals surface area contributed by atoms with E-state index in [4.69, 9.17) is 22.9 Å². The topological polar surface area (TPSA) is 319 Å². The lowest BCUT2D eigenvalue weighted by Gasteiger charge is -2.27. The van der Waals surface area contributed by atoms with Gasteiger partial charge in [0.25, 0.3) is 23.6 Å². The van der Waals surface area contributed by atoms with Crippen molar-refractivity contribution < 1.29 is 23.9 Å². The Labute approximate surface area is 579 Å². The minimum Gasteiger partial charge on any atom is -0.480 e. The van der Waals surface area contributed by atoms with Crippen LogP contribution in [0.15, 0.2) is 139 Å². The van der Waals surface area contributed by atoms with Crippen molar-refractivity contribution in [2.24, 2.45) is 13.0 Å². The summed E-state index contributed by atoms with van der Waals surface area (Å²) < 4.78 is 13.3. The fourth-order valence-corrected chi connectivity index (χ4v) is 14.3. The number of rotatable bonds is 14. The SMILES string of the molecule is COc1ccc(C(=O)NC2(c3nc(C)cs3)CCCC2)nn1.C[C@@H]1CCc2c(C(=O)NCc3ncn[nH]3)csc2C1.Cc1cccc(CNC(=O)c2nccn3ccnc23)c1.Cn1ccnc1-c1nnc2sc3ccccc3n12.[C-]#[N+]c1nncn1CC(=O)Nc1cc(Cl)ccc1C. The van der Waals surface area contributed by atoms with Crippen molar-refractivity contribution in [3.05, 3.63) is 217 Å². The number of halogens is 1. The number of nitrogens with zero attached hydrogens (tertiary/aromatic N) is 17. The van der Waals surface area contributed by atoms with Gasteiger partial charge in [0, 0.05) is 88.9 Å². The molecule has 1 saturated carbocycles. The number of thiophene rings is 1. The quantitative estimate of drug-likeness (QED) is 0.0632. The van der Waals surface area contributed by atoms with Crippen molar-refractivity contribution in [2.75, 3.05) is 12.4 Å². The Kier molecular flexibility index (Phi) is 22.1. The number of methoxy groups -OCH3 is 1. The van der Waals surface area contributed by atoms with Crippen molar-refractivity contribution in [1.29, 1.82) is 0 Å². The fourth-order valence-electron chi connectivity index (χ4n) is 10.9. The van der Waals surface area contributed by atoms with E-state index >= 15 is 0 Å². The predicted octanol–water partition coefficient (Wildman–Crippen LogP) is 11.1. The lowest BCUT2D eigenvalue weighted by molar-refractivity contribution is -0.116. The number of aromatic amines is 1. The number of para-hydroxylation sites is 1. The van der Waals surface area contributed by atoms with Gasteiger partial charge in [-0.3, -0.25) is 33.2 Å². The highest BCUT2D eigenvalue weighted by molar-refractivity contribution is 7.23. The minimum atomic E-state index is -0.363. The summed E-state index contributed by atoms with van der Waals surface area (Å²) in [7, 11) is 3.47. The fraction of sp³-hybridized carbons (Fsp3) is 0.269. The van der Waals surface area contributed by atoms with Crippen LogP contribution in [0.2, 0.25) is 5.02 Å². The van der Waals surface area contributed by atoms with E-state index in [0.717, 1.165) is 94.0 Å². The van der Waals surface area contributed by atoms with Gasteiger partial charge >= 0.3 is 5.95 Å². The molecule has 27 nitrogen and oxygen atoms in total. The van der Waals surface area contributed by atoms with Crippen LogP contribution in [0.1, 0.15) is 114 Å². The number of hydrogen-bond acceptors (Lipinski definition) is 20. The van der Waals surface area contributed by atoms with E-state index in [2.05, 4.69) is 115 Å². The standard InChI is InChI=1S/C15H18N4O2S.C15H14N4O.C13H16N4OS.C12H10ClN5O.C12H9N5S/c1-10-9-22-14(16-10)15(7-3-4-8-15)17-13(20)11-5-6-12(21-2)19-18-11;1-11-3-2-4-12(9-11)10-18-15(20)13-14-17-6-8-19(14)7-5-16-13;1-8-2-3-9-10(6-19-11(9)4-8)13(18)14-5-12-15-7-16-17-12;1-8-3-4-9(13)5-10(8)16-11(19)6-18-7-15-17-12(18)14-2;1-16-7-6-13-10(16)11-14-15-12-17(11)8-4-2-3-5-9(8)18-12/h5-6,9H,3-4,7-8H2,1-2H3,(H,17,20);2-9H,10H2,1H3,(H,18,20);6-8H,2-5H2,1H3,(H,14,18)(H,15,16,17);3-5,7H,6H2,1H3,(H,16,19);2-7H,1H3/t;;8-;;/m..1../s1. The number of thiazole rings is 2. The second-order valence-electron chi connectivity index (χ2n) is 23.1. The van der Waals surface area contributed by atoms with Gasteiger partial charge in [0.1, 0.15) is 23.7 Å². The van der Waals surface area contributed by atoms with Crippen LogP contribution in [-0.2, 0) is 49.9 Å². The summed E-state index contributed by atoms with van der Waals surface area (Å²) in [4.78, 5) is 75.4.